The molecule has 0 bridgehead atoms. The standard InChI is InChI=1S/C19H22Cl2N2O3.C16H17Cl2NO2.C3H5NO/c1-3-11-9-12(20)10-13(21)14(11)15-16(26-18(25)22-4-2)19(23-17(15)24)7-5-6-8-19;1-2-9-7-10(17)8-11(18)12(9)13-14(20)16(19-15(13)21)5-3-4-6-16;1-2-4-3-5/h9-10H,3-8H2,1-2H3,(H,22,25)(H,23,24);7-8,20H,2-6H2,1H3,(H,19,21);2H2,1H3. The summed E-state index contributed by atoms with van der Waals surface area (Å²) in [5, 5.41) is 21.2. The van der Waals surface area contributed by atoms with Crippen LogP contribution in [0.5, 0.6) is 0 Å². The van der Waals surface area contributed by atoms with Gasteiger partial charge in [0.2, 0.25) is 6.08 Å². The van der Waals surface area contributed by atoms with Gasteiger partial charge in [-0.3, -0.25) is 9.59 Å². The molecule has 10 nitrogen and oxygen atoms in total. The van der Waals surface area contributed by atoms with Crippen LogP contribution in [0.4, 0.5) is 4.79 Å². The van der Waals surface area contributed by atoms with Gasteiger partial charge in [-0.05, 0) is 87.8 Å². The van der Waals surface area contributed by atoms with Crippen LogP contribution in [0.3, 0.4) is 0 Å². The van der Waals surface area contributed by atoms with Crippen LogP contribution in [0, 0.1) is 0 Å². The summed E-state index contributed by atoms with van der Waals surface area (Å²) < 4.78 is 5.67. The molecule has 2 aromatic rings. The zero-order valence-corrected chi connectivity index (χ0v) is 32.8. The van der Waals surface area contributed by atoms with Crippen molar-refractivity contribution in [2.24, 2.45) is 4.99 Å². The number of aliphatic hydroxyl groups excluding tert-OH is 1. The molecule has 0 atom stereocenters. The number of hydrogen-bond acceptors (Lipinski definition) is 7. The molecule has 4 N–H and O–H groups in total. The summed E-state index contributed by atoms with van der Waals surface area (Å²) in [6.07, 6.45) is 9.14. The Labute approximate surface area is 324 Å². The minimum atomic E-state index is -0.633. The number of halogens is 4. The Bertz CT molecular complexity index is 1820. The Balaban J connectivity index is 0.000000209. The van der Waals surface area contributed by atoms with E-state index >= 15 is 0 Å². The number of hydrogen-bond donors (Lipinski definition) is 4. The number of aryl methyl sites for hydroxylation is 2. The lowest BCUT2D eigenvalue weighted by Crippen LogP contribution is -2.43. The van der Waals surface area contributed by atoms with E-state index in [1.807, 2.05) is 20.8 Å². The molecule has 2 fully saturated rings. The van der Waals surface area contributed by atoms with Crippen molar-refractivity contribution in [1.29, 1.82) is 0 Å². The third-order valence-corrected chi connectivity index (χ3v) is 10.7. The molecule has 0 radical (unpaired) electrons. The highest BCUT2D eigenvalue weighted by Gasteiger charge is 2.51. The summed E-state index contributed by atoms with van der Waals surface area (Å²) in [6, 6.07) is 6.83. The van der Waals surface area contributed by atoms with Crippen molar-refractivity contribution in [3.63, 3.8) is 0 Å². The molecule has 280 valence electrons. The molecule has 0 unspecified atom stereocenters. The number of aliphatic hydroxyl groups is 1. The van der Waals surface area contributed by atoms with Gasteiger partial charge >= 0.3 is 6.09 Å². The van der Waals surface area contributed by atoms with Crippen LogP contribution in [-0.4, -0.2) is 53.3 Å². The van der Waals surface area contributed by atoms with Gasteiger partial charge in [0.15, 0.2) is 0 Å². The van der Waals surface area contributed by atoms with Gasteiger partial charge in [0.1, 0.15) is 11.5 Å². The fourth-order valence-corrected chi connectivity index (χ4v) is 8.61. The smallest absolute Gasteiger partial charge is 0.412 e. The Kier molecular flexibility index (Phi) is 14.3. The number of alkyl carbamates (subject to hydrolysis) is 1. The number of benzene rings is 2. The molecule has 2 saturated carbocycles. The van der Waals surface area contributed by atoms with E-state index in [0.29, 0.717) is 74.1 Å². The predicted molar refractivity (Wildman–Crippen MR) is 206 cm³/mol. The second-order valence-electron chi connectivity index (χ2n) is 13.0. The molecule has 52 heavy (non-hydrogen) atoms. The van der Waals surface area contributed by atoms with Crippen molar-refractivity contribution in [3.05, 3.63) is 78.1 Å². The van der Waals surface area contributed by atoms with Gasteiger partial charge in [-0.15, -0.1) is 0 Å². The molecule has 2 heterocycles. The van der Waals surface area contributed by atoms with E-state index in [9.17, 15) is 19.5 Å². The van der Waals surface area contributed by atoms with Crippen LogP contribution in [-0.2, 0) is 32.0 Å². The number of aliphatic imine (C=N–C) groups is 1. The number of nitrogens with zero attached hydrogens (tertiary/aromatic N) is 1. The second-order valence-corrected chi connectivity index (χ2v) is 14.6. The molecule has 3 amide bonds. The average Bonchev–Trinajstić information content (AvgIpc) is 3.87. The summed E-state index contributed by atoms with van der Waals surface area (Å²) in [5.74, 6) is 0.0206. The molecule has 6 rings (SSSR count). The van der Waals surface area contributed by atoms with Gasteiger partial charge in [0.25, 0.3) is 11.8 Å². The Morgan fingerprint density at radius 3 is 1.71 bits per heavy atom. The molecular weight excluding hydrogens is 750 g/mol. The van der Waals surface area contributed by atoms with E-state index in [4.69, 9.17) is 55.9 Å². The van der Waals surface area contributed by atoms with Crippen LogP contribution < -0.4 is 16.0 Å². The van der Waals surface area contributed by atoms with E-state index in [1.54, 1.807) is 31.2 Å². The lowest BCUT2D eigenvalue weighted by atomic mass is 9.91. The summed E-state index contributed by atoms with van der Waals surface area (Å²) in [6.45, 7) is 8.52. The molecule has 2 aliphatic heterocycles. The van der Waals surface area contributed by atoms with Crippen molar-refractivity contribution < 1.29 is 29.0 Å². The molecule has 0 aromatic heterocycles. The van der Waals surface area contributed by atoms with Crippen molar-refractivity contribution in [3.8, 4) is 0 Å². The van der Waals surface area contributed by atoms with Gasteiger partial charge in [-0.2, -0.15) is 0 Å². The first-order valence-corrected chi connectivity index (χ1v) is 19.1. The Morgan fingerprint density at radius 2 is 1.27 bits per heavy atom. The van der Waals surface area contributed by atoms with E-state index in [0.717, 1.165) is 62.5 Å². The van der Waals surface area contributed by atoms with Crippen LogP contribution in [0.15, 0.2) is 40.8 Å². The topological polar surface area (TPSA) is 146 Å². The second kappa shape index (κ2) is 18.0. The highest BCUT2D eigenvalue weighted by molar-refractivity contribution is 6.39. The van der Waals surface area contributed by atoms with Crippen molar-refractivity contribution in [1.82, 2.24) is 16.0 Å². The van der Waals surface area contributed by atoms with Crippen LogP contribution >= 0.6 is 46.4 Å². The number of rotatable bonds is 7. The van der Waals surface area contributed by atoms with Gasteiger partial charge in [-0.1, -0.05) is 85.9 Å². The molecule has 2 aromatic carbocycles. The van der Waals surface area contributed by atoms with E-state index in [1.165, 1.54) is 6.08 Å². The van der Waals surface area contributed by atoms with Crippen molar-refractivity contribution >= 4 is 81.5 Å². The largest absolute Gasteiger partial charge is 0.509 e. The highest BCUT2D eigenvalue weighted by atomic mass is 35.5. The minimum Gasteiger partial charge on any atom is -0.509 e. The first-order chi connectivity index (χ1) is 24.8. The van der Waals surface area contributed by atoms with Crippen molar-refractivity contribution in [2.75, 3.05) is 13.1 Å². The van der Waals surface area contributed by atoms with Crippen molar-refractivity contribution in [2.45, 2.75) is 103 Å². The SMILES string of the molecule is CCN=C=O.CCNC(=O)OC1=C(c2c(Cl)cc(Cl)cc2CC)C(=O)NC12CCCC2.CCc1cc(Cl)cc(Cl)c1C1=C(O)C2(CCCC2)NC1=O. The summed E-state index contributed by atoms with van der Waals surface area (Å²) in [7, 11) is 0. The van der Waals surface area contributed by atoms with Crippen LogP contribution in [0.25, 0.3) is 11.1 Å². The fourth-order valence-electron chi connectivity index (χ4n) is 7.35. The molecular formula is C38H44Cl4N4O6. The van der Waals surface area contributed by atoms with E-state index < -0.39 is 17.2 Å². The number of isocyanates is 1. The number of ether oxygens (including phenoxy) is 1. The first-order valence-electron chi connectivity index (χ1n) is 17.6. The number of nitrogens with one attached hydrogen (secondary N) is 3. The van der Waals surface area contributed by atoms with E-state index in [2.05, 4.69) is 20.9 Å². The third-order valence-electron chi connectivity index (χ3n) is 9.70. The van der Waals surface area contributed by atoms with Gasteiger partial charge < -0.3 is 25.8 Å². The zero-order valence-electron chi connectivity index (χ0n) is 29.7. The van der Waals surface area contributed by atoms with Gasteiger partial charge in [0, 0.05) is 34.3 Å². The lowest BCUT2D eigenvalue weighted by Gasteiger charge is -2.26. The molecule has 2 spiro atoms. The molecule has 4 aliphatic rings. The maximum absolute atomic E-state index is 12.9. The fraction of sp³-hybridized carbons (Fsp3) is 0.474. The number of amides is 3. The first kappa shape index (κ1) is 41.2. The lowest BCUT2D eigenvalue weighted by molar-refractivity contribution is -0.117. The Morgan fingerprint density at radius 1 is 0.808 bits per heavy atom. The van der Waals surface area contributed by atoms with Gasteiger partial charge in [0.05, 0.1) is 32.3 Å². The highest BCUT2D eigenvalue weighted by Crippen LogP contribution is 2.47. The average molecular weight is 795 g/mol. The maximum Gasteiger partial charge on any atom is 0.412 e. The minimum absolute atomic E-state index is 0.143. The van der Waals surface area contributed by atoms with Gasteiger partial charge in [-0.25, -0.2) is 14.6 Å². The molecule has 14 heteroatoms. The van der Waals surface area contributed by atoms with E-state index in [-0.39, 0.29) is 17.6 Å². The zero-order chi connectivity index (χ0) is 38.2. The quantitative estimate of drug-likeness (QED) is 0.163. The monoisotopic (exact) mass is 792 g/mol. The third kappa shape index (κ3) is 8.64. The number of carbonyl (C=O) groups is 3. The molecule has 0 saturated heterocycles. The van der Waals surface area contributed by atoms with Crippen LogP contribution in [0.1, 0.15) is 101 Å². The predicted octanol–water partition coefficient (Wildman–Crippen LogP) is 9.07. The summed E-state index contributed by atoms with van der Waals surface area (Å²) >= 11 is 24.9. The summed E-state index contributed by atoms with van der Waals surface area (Å²) in [4.78, 5) is 49.8. The normalized spacial score (nSPS) is 18.0. The van der Waals surface area contributed by atoms with Crippen LogP contribution in [0.2, 0.25) is 20.1 Å². The maximum atomic E-state index is 12.9. The molecule has 2 aliphatic carbocycles. The number of carbonyl (C=O) groups excluding carboxylic acids is 4. The summed E-state index contributed by atoms with van der Waals surface area (Å²) in [5.41, 5.74) is 2.37. The Hall–Kier alpha value is -3.53.